The van der Waals surface area contributed by atoms with E-state index in [0.717, 1.165) is 16.8 Å². The smallest absolute Gasteiger partial charge is 0.262 e. The molecule has 5 nitrogen and oxygen atoms in total. The van der Waals surface area contributed by atoms with Gasteiger partial charge in [-0.3, -0.25) is 9.48 Å². The van der Waals surface area contributed by atoms with Crippen LogP contribution in [0.15, 0.2) is 60.8 Å². The van der Waals surface area contributed by atoms with Crippen molar-refractivity contribution in [1.82, 2.24) is 15.1 Å². The predicted octanol–water partition coefficient (Wildman–Crippen LogP) is 3.28. The number of aryl methyl sites for hydroxylation is 1. The zero-order valence-electron chi connectivity index (χ0n) is 14.2. The van der Waals surface area contributed by atoms with Gasteiger partial charge in [-0.2, -0.15) is 5.10 Å². The van der Waals surface area contributed by atoms with Crippen LogP contribution >= 0.6 is 11.6 Å². The molecule has 1 N–H and O–H groups in total. The minimum atomic E-state index is -0.567. The number of nitrogens with zero attached hydrogens (tertiary/aromatic N) is 2. The number of amides is 1. The fourth-order valence-electron chi connectivity index (χ4n) is 3.24. The van der Waals surface area contributed by atoms with Gasteiger partial charge in [0, 0.05) is 24.7 Å². The summed E-state index contributed by atoms with van der Waals surface area (Å²) in [6, 6.07) is 16.9. The summed E-state index contributed by atoms with van der Waals surface area (Å²) < 4.78 is 7.58. The highest BCUT2D eigenvalue weighted by Gasteiger charge is 2.31. The molecule has 1 aromatic heterocycles. The number of aromatic nitrogens is 2. The van der Waals surface area contributed by atoms with Gasteiger partial charge in [0.25, 0.3) is 5.91 Å². The number of rotatable bonds is 4. The number of carbonyl (C=O) groups is 1. The van der Waals surface area contributed by atoms with E-state index < -0.39 is 6.10 Å². The second-order valence-corrected chi connectivity index (χ2v) is 6.73. The molecular formula is C20H18ClN3O2. The topological polar surface area (TPSA) is 56.2 Å². The van der Waals surface area contributed by atoms with Gasteiger partial charge in [0.1, 0.15) is 5.75 Å². The summed E-state index contributed by atoms with van der Waals surface area (Å²) in [6.45, 7) is 0. The van der Waals surface area contributed by atoms with Crippen LogP contribution in [0.2, 0.25) is 5.02 Å². The lowest BCUT2D eigenvalue weighted by Gasteiger charge is -2.21. The fraction of sp³-hybridized carbons (Fsp3) is 0.200. The van der Waals surface area contributed by atoms with Crippen molar-refractivity contribution in [1.29, 1.82) is 0 Å². The molecule has 0 radical (unpaired) electrons. The number of hydrogen-bond acceptors (Lipinski definition) is 3. The molecule has 2 aromatic carbocycles. The van der Waals surface area contributed by atoms with E-state index in [1.807, 2.05) is 49.5 Å². The number of carbonyl (C=O) groups excluding carboxylic acids is 1. The molecule has 1 aliphatic rings. The van der Waals surface area contributed by atoms with Crippen LogP contribution in [0.5, 0.6) is 5.75 Å². The third-order valence-corrected chi connectivity index (χ3v) is 4.80. The van der Waals surface area contributed by atoms with Crippen LogP contribution < -0.4 is 10.1 Å². The minimum absolute atomic E-state index is 0.160. The largest absolute Gasteiger partial charge is 0.480 e. The Labute approximate surface area is 156 Å². The van der Waals surface area contributed by atoms with Crippen molar-refractivity contribution in [3.63, 3.8) is 0 Å². The summed E-state index contributed by atoms with van der Waals surface area (Å²) in [7, 11) is 1.86. The monoisotopic (exact) mass is 367 g/mol. The van der Waals surface area contributed by atoms with E-state index >= 15 is 0 Å². The van der Waals surface area contributed by atoms with E-state index in [1.54, 1.807) is 23.0 Å². The molecule has 0 aliphatic carbocycles. The van der Waals surface area contributed by atoms with E-state index in [9.17, 15) is 4.79 Å². The van der Waals surface area contributed by atoms with Gasteiger partial charge >= 0.3 is 0 Å². The lowest BCUT2D eigenvalue weighted by atomic mass is 10.0. The number of hydrogen-bond donors (Lipinski definition) is 1. The molecule has 132 valence electrons. The maximum Gasteiger partial charge on any atom is 0.262 e. The van der Waals surface area contributed by atoms with Gasteiger partial charge < -0.3 is 10.1 Å². The van der Waals surface area contributed by atoms with Crippen LogP contribution in [-0.4, -0.2) is 21.8 Å². The standard InChI is InChI=1S/C20H18ClN3O2/c1-24-16(9-10-22-24)19(13-5-3-2-4-6-13)23-20(25)18-12-14-11-15(21)7-8-17(14)26-18/h2-11,18-19H,12H2,1H3,(H,23,25)/t18-,19+/m1/s1. The summed E-state index contributed by atoms with van der Waals surface area (Å²) in [6.07, 6.45) is 1.67. The SMILES string of the molecule is Cn1nccc1[C@@H](NC(=O)[C@H]1Cc2cc(Cl)ccc2O1)c1ccccc1. The van der Waals surface area contributed by atoms with E-state index in [4.69, 9.17) is 16.3 Å². The minimum Gasteiger partial charge on any atom is -0.480 e. The Hall–Kier alpha value is -2.79. The molecule has 2 atom stereocenters. The molecule has 1 amide bonds. The van der Waals surface area contributed by atoms with Crippen LogP contribution in [0, 0.1) is 0 Å². The van der Waals surface area contributed by atoms with Crippen LogP contribution in [0.1, 0.15) is 22.9 Å². The molecule has 4 rings (SSSR count). The Morgan fingerprint density at radius 1 is 1.27 bits per heavy atom. The van der Waals surface area contributed by atoms with Crippen LogP contribution in [0.3, 0.4) is 0 Å². The highest BCUT2D eigenvalue weighted by atomic mass is 35.5. The van der Waals surface area contributed by atoms with Gasteiger partial charge in [0.15, 0.2) is 6.10 Å². The first kappa shape index (κ1) is 16.7. The van der Waals surface area contributed by atoms with E-state index in [0.29, 0.717) is 17.2 Å². The number of halogens is 1. The lowest BCUT2D eigenvalue weighted by molar-refractivity contribution is -0.127. The number of benzene rings is 2. The number of ether oxygens (including phenoxy) is 1. The molecule has 0 bridgehead atoms. The highest BCUT2D eigenvalue weighted by molar-refractivity contribution is 6.30. The molecule has 0 unspecified atom stereocenters. The van der Waals surface area contributed by atoms with E-state index in [1.165, 1.54) is 0 Å². The zero-order chi connectivity index (χ0) is 18.1. The molecule has 1 aliphatic heterocycles. The quantitative estimate of drug-likeness (QED) is 0.769. The van der Waals surface area contributed by atoms with Gasteiger partial charge in [-0.25, -0.2) is 0 Å². The van der Waals surface area contributed by atoms with Crippen molar-refractivity contribution in [3.05, 3.63) is 82.6 Å². The van der Waals surface area contributed by atoms with Gasteiger partial charge in [-0.05, 0) is 35.4 Å². The lowest BCUT2D eigenvalue weighted by Crippen LogP contribution is -2.40. The van der Waals surface area contributed by atoms with Crippen molar-refractivity contribution in [2.45, 2.75) is 18.6 Å². The summed E-state index contributed by atoms with van der Waals surface area (Å²) >= 11 is 6.03. The van der Waals surface area contributed by atoms with Crippen LogP contribution in [-0.2, 0) is 18.3 Å². The Balaban J connectivity index is 1.57. The third-order valence-electron chi connectivity index (χ3n) is 4.56. The van der Waals surface area contributed by atoms with Crippen molar-refractivity contribution >= 4 is 17.5 Å². The molecule has 26 heavy (non-hydrogen) atoms. The molecule has 3 aromatic rings. The molecule has 2 heterocycles. The van der Waals surface area contributed by atoms with Crippen molar-refractivity contribution in [2.24, 2.45) is 7.05 Å². The van der Waals surface area contributed by atoms with Gasteiger partial charge in [-0.1, -0.05) is 41.9 Å². The van der Waals surface area contributed by atoms with E-state index in [2.05, 4.69) is 10.4 Å². The Kier molecular flexibility index (Phi) is 4.39. The second-order valence-electron chi connectivity index (χ2n) is 6.29. The first-order valence-electron chi connectivity index (χ1n) is 8.40. The van der Waals surface area contributed by atoms with Crippen molar-refractivity contribution in [3.8, 4) is 5.75 Å². The first-order chi connectivity index (χ1) is 12.6. The summed E-state index contributed by atoms with van der Waals surface area (Å²) in [4.78, 5) is 12.9. The van der Waals surface area contributed by atoms with Gasteiger partial charge in [0.05, 0.1) is 11.7 Å². The Morgan fingerprint density at radius 3 is 2.81 bits per heavy atom. The van der Waals surface area contributed by atoms with E-state index in [-0.39, 0.29) is 11.9 Å². The maximum atomic E-state index is 12.9. The van der Waals surface area contributed by atoms with Crippen molar-refractivity contribution in [2.75, 3.05) is 0 Å². The summed E-state index contributed by atoms with van der Waals surface area (Å²) in [5, 5.41) is 7.98. The third kappa shape index (κ3) is 3.18. The first-order valence-corrected chi connectivity index (χ1v) is 8.78. The molecule has 0 fully saturated rings. The average Bonchev–Trinajstić information content (AvgIpc) is 3.26. The number of nitrogens with one attached hydrogen (secondary N) is 1. The fourth-order valence-corrected chi connectivity index (χ4v) is 3.43. The van der Waals surface area contributed by atoms with Crippen molar-refractivity contribution < 1.29 is 9.53 Å². The molecule has 0 spiro atoms. The predicted molar refractivity (Wildman–Crippen MR) is 99.2 cm³/mol. The highest BCUT2D eigenvalue weighted by Crippen LogP contribution is 2.31. The van der Waals surface area contributed by atoms with Crippen LogP contribution in [0.25, 0.3) is 0 Å². The molecule has 6 heteroatoms. The summed E-state index contributed by atoms with van der Waals surface area (Å²) in [5.74, 6) is 0.554. The number of fused-ring (bicyclic) bond motifs is 1. The zero-order valence-corrected chi connectivity index (χ0v) is 15.0. The molecule has 0 saturated carbocycles. The molecule has 0 saturated heterocycles. The van der Waals surface area contributed by atoms with Crippen LogP contribution in [0.4, 0.5) is 0 Å². The Bertz CT molecular complexity index is 939. The second kappa shape index (κ2) is 6.84. The summed E-state index contributed by atoms with van der Waals surface area (Å²) in [5.41, 5.74) is 2.85. The maximum absolute atomic E-state index is 12.9. The molecular weight excluding hydrogens is 350 g/mol. The Morgan fingerprint density at radius 2 is 2.08 bits per heavy atom. The van der Waals surface area contributed by atoms with Gasteiger partial charge in [0.2, 0.25) is 0 Å². The normalized spacial score (nSPS) is 16.6. The average molecular weight is 368 g/mol. The van der Waals surface area contributed by atoms with Gasteiger partial charge in [-0.15, -0.1) is 0 Å².